The predicted molar refractivity (Wildman–Crippen MR) is 99.0 cm³/mol. The van der Waals surface area contributed by atoms with Crippen LogP contribution in [0.25, 0.3) is 0 Å². The first kappa shape index (κ1) is 16.3. The molecule has 8 heteroatoms. The van der Waals surface area contributed by atoms with Crippen molar-refractivity contribution in [2.45, 2.75) is 25.3 Å². The number of hydrogen-bond acceptors (Lipinski definition) is 6. The second-order valence-corrected chi connectivity index (χ2v) is 6.50. The number of nitrogens with one attached hydrogen (secondary N) is 1. The van der Waals surface area contributed by atoms with Gasteiger partial charge in [0, 0.05) is 25.2 Å². The Bertz CT molecular complexity index is 926. The van der Waals surface area contributed by atoms with Gasteiger partial charge in [-0.25, -0.2) is 14.9 Å². The van der Waals surface area contributed by atoms with Crippen LogP contribution in [0.3, 0.4) is 0 Å². The van der Waals surface area contributed by atoms with Crippen molar-refractivity contribution in [1.82, 2.24) is 24.7 Å². The van der Waals surface area contributed by atoms with E-state index in [2.05, 4.69) is 25.1 Å². The molecule has 3 heterocycles. The lowest BCUT2D eigenvalue weighted by Crippen LogP contribution is -2.35. The monoisotopic (exact) mass is 351 g/mol. The second-order valence-electron chi connectivity index (χ2n) is 6.50. The molecule has 3 N–H and O–H groups in total. The maximum atomic E-state index is 12.2. The van der Waals surface area contributed by atoms with Gasteiger partial charge in [0.2, 0.25) is 5.95 Å². The first-order chi connectivity index (χ1) is 12.7. The molecule has 1 fully saturated rings. The summed E-state index contributed by atoms with van der Waals surface area (Å²) in [7, 11) is 0. The maximum Gasteiger partial charge on any atom is 0.343 e. The average Bonchev–Trinajstić information content (AvgIpc) is 3.03. The third-order valence-corrected chi connectivity index (χ3v) is 4.78. The van der Waals surface area contributed by atoms with Gasteiger partial charge in [0.25, 0.3) is 0 Å². The van der Waals surface area contributed by atoms with Crippen molar-refractivity contribution >= 4 is 11.8 Å². The van der Waals surface area contributed by atoms with E-state index in [-0.39, 0.29) is 11.6 Å². The minimum atomic E-state index is -0.162. The number of aromatic amines is 1. The average molecular weight is 351 g/mol. The molecule has 134 valence electrons. The van der Waals surface area contributed by atoms with Crippen LogP contribution in [0.15, 0.2) is 47.4 Å². The van der Waals surface area contributed by atoms with Crippen LogP contribution < -0.4 is 16.3 Å². The van der Waals surface area contributed by atoms with E-state index >= 15 is 0 Å². The third kappa shape index (κ3) is 3.30. The number of aromatic nitrogens is 5. The zero-order valence-electron chi connectivity index (χ0n) is 14.4. The van der Waals surface area contributed by atoms with Crippen LogP contribution in [0.4, 0.5) is 11.8 Å². The number of H-pyrrole nitrogens is 1. The molecule has 8 nitrogen and oxygen atoms in total. The molecule has 0 amide bonds. The topological polar surface area (TPSA) is 106 Å². The van der Waals surface area contributed by atoms with Gasteiger partial charge >= 0.3 is 5.69 Å². The molecule has 0 radical (unpaired) electrons. The van der Waals surface area contributed by atoms with Crippen molar-refractivity contribution in [3.8, 4) is 0 Å². The summed E-state index contributed by atoms with van der Waals surface area (Å²) in [6, 6.07) is 11.6. The molecule has 3 aromatic rings. The Morgan fingerprint density at radius 3 is 2.65 bits per heavy atom. The summed E-state index contributed by atoms with van der Waals surface area (Å²) < 4.78 is 1.74. The lowest BCUT2D eigenvalue weighted by molar-refractivity contribution is 0.464. The number of nitrogens with zero attached hydrogens (tertiary/aromatic N) is 5. The molecule has 26 heavy (non-hydrogen) atoms. The Morgan fingerprint density at radius 1 is 1.15 bits per heavy atom. The van der Waals surface area contributed by atoms with Crippen LogP contribution in [0.5, 0.6) is 0 Å². The Morgan fingerprint density at radius 2 is 1.92 bits per heavy atom. The van der Waals surface area contributed by atoms with E-state index in [0.717, 1.165) is 37.3 Å². The molecular weight excluding hydrogens is 330 g/mol. The Hall–Kier alpha value is -3.16. The van der Waals surface area contributed by atoms with E-state index in [1.165, 1.54) is 0 Å². The molecule has 0 spiro atoms. The predicted octanol–water partition coefficient (Wildman–Crippen LogP) is 1.38. The highest BCUT2D eigenvalue weighted by molar-refractivity contribution is 5.38. The van der Waals surface area contributed by atoms with E-state index in [1.54, 1.807) is 16.8 Å². The first-order valence-corrected chi connectivity index (χ1v) is 8.73. The second kappa shape index (κ2) is 6.99. The van der Waals surface area contributed by atoms with Crippen LogP contribution in [-0.4, -0.2) is 37.8 Å². The molecule has 1 saturated heterocycles. The number of hydrogen-bond donors (Lipinski definition) is 2. The molecular formula is C18H21N7O. The fraction of sp³-hybridized carbons (Fsp3) is 0.333. The fourth-order valence-electron chi connectivity index (χ4n) is 3.41. The van der Waals surface area contributed by atoms with Crippen LogP contribution in [0.1, 0.15) is 30.1 Å². The summed E-state index contributed by atoms with van der Waals surface area (Å²) in [5.41, 5.74) is 6.67. The van der Waals surface area contributed by atoms with Gasteiger partial charge in [-0.2, -0.15) is 10.1 Å². The SMILES string of the molecule is Nc1ccnc(N2CCC(c3n[nH]c(=O)n3Cc3ccccc3)CC2)n1. The molecule has 0 saturated carbocycles. The van der Waals surface area contributed by atoms with Crippen LogP contribution in [0.2, 0.25) is 0 Å². The van der Waals surface area contributed by atoms with Gasteiger partial charge in [-0.15, -0.1) is 0 Å². The molecule has 0 bridgehead atoms. The summed E-state index contributed by atoms with van der Waals surface area (Å²) in [6.45, 7) is 2.14. The summed E-state index contributed by atoms with van der Waals surface area (Å²) >= 11 is 0. The fourth-order valence-corrected chi connectivity index (χ4v) is 3.41. The van der Waals surface area contributed by atoms with E-state index in [9.17, 15) is 4.79 Å². The standard InChI is InChI=1S/C18H21N7O/c19-15-6-9-20-17(21-15)24-10-7-14(8-11-24)16-22-23-18(26)25(16)12-13-4-2-1-3-5-13/h1-6,9,14H,7-8,10-12H2,(H,23,26)(H2,19,20,21). The minimum absolute atomic E-state index is 0.162. The first-order valence-electron chi connectivity index (χ1n) is 8.73. The highest BCUT2D eigenvalue weighted by Crippen LogP contribution is 2.28. The molecule has 2 aromatic heterocycles. The van der Waals surface area contributed by atoms with E-state index in [0.29, 0.717) is 18.3 Å². The van der Waals surface area contributed by atoms with Crippen molar-refractivity contribution in [3.05, 3.63) is 64.5 Å². The Labute approximate surface area is 150 Å². The molecule has 1 aromatic carbocycles. The lowest BCUT2D eigenvalue weighted by atomic mass is 9.96. The number of rotatable bonds is 4. The highest BCUT2D eigenvalue weighted by Gasteiger charge is 2.26. The van der Waals surface area contributed by atoms with Crippen molar-refractivity contribution in [2.24, 2.45) is 0 Å². The number of nitrogens with two attached hydrogens (primary N) is 1. The van der Waals surface area contributed by atoms with Gasteiger partial charge in [0.1, 0.15) is 11.6 Å². The van der Waals surface area contributed by atoms with E-state index < -0.39 is 0 Å². The van der Waals surface area contributed by atoms with Gasteiger partial charge in [0.05, 0.1) is 6.54 Å². The van der Waals surface area contributed by atoms with Crippen LogP contribution >= 0.6 is 0 Å². The zero-order valence-corrected chi connectivity index (χ0v) is 14.4. The van der Waals surface area contributed by atoms with E-state index in [1.807, 2.05) is 30.3 Å². The van der Waals surface area contributed by atoms with Crippen molar-refractivity contribution in [1.29, 1.82) is 0 Å². The van der Waals surface area contributed by atoms with Gasteiger partial charge in [-0.05, 0) is 24.5 Å². The lowest BCUT2D eigenvalue weighted by Gasteiger charge is -2.31. The third-order valence-electron chi connectivity index (χ3n) is 4.78. The number of anilines is 2. The van der Waals surface area contributed by atoms with E-state index in [4.69, 9.17) is 5.73 Å². The molecule has 0 atom stereocenters. The van der Waals surface area contributed by atoms with Gasteiger partial charge < -0.3 is 10.6 Å². The minimum Gasteiger partial charge on any atom is -0.384 e. The van der Waals surface area contributed by atoms with Gasteiger partial charge in [-0.1, -0.05) is 30.3 Å². The van der Waals surface area contributed by atoms with Crippen LogP contribution in [0, 0.1) is 0 Å². The van der Waals surface area contributed by atoms with Crippen molar-refractivity contribution in [2.75, 3.05) is 23.7 Å². The van der Waals surface area contributed by atoms with Gasteiger partial charge in [-0.3, -0.25) is 4.57 Å². The summed E-state index contributed by atoms with van der Waals surface area (Å²) in [6.07, 6.45) is 3.45. The highest BCUT2D eigenvalue weighted by atomic mass is 16.1. The maximum absolute atomic E-state index is 12.2. The van der Waals surface area contributed by atoms with Crippen molar-refractivity contribution in [3.63, 3.8) is 0 Å². The molecule has 1 aliphatic heterocycles. The molecule has 1 aliphatic rings. The number of piperidine rings is 1. The Balaban J connectivity index is 1.49. The summed E-state index contributed by atoms with van der Waals surface area (Å²) in [5.74, 6) is 2.19. The molecule has 0 unspecified atom stereocenters. The Kier molecular flexibility index (Phi) is 4.39. The summed E-state index contributed by atoms with van der Waals surface area (Å²) in [5, 5.41) is 6.91. The van der Waals surface area contributed by atoms with Crippen molar-refractivity contribution < 1.29 is 0 Å². The molecule has 0 aliphatic carbocycles. The largest absolute Gasteiger partial charge is 0.384 e. The number of benzene rings is 1. The van der Waals surface area contributed by atoms with Crippen LogP contribution in [-0.2, 0) is 6.54 Å². The normalized spacial score (nSPS) is 15.3. The quantitative estimate of drug-likeness (QED) is 0.735. The number of nitrogen functional groups attached to an aromatic ring is 1. The smallest absolute Gasteiger partial charge is 0.343 e. The molecule has 4 rings (SSSR count). The zero-order chi connectivity index (χ0) is 17.9. The summed E-state index contributed by atoms with van der Waals surface area (Å²) in [4.78, 5) is 22.9. The van der Waals surface area contributed by atoms with Gasteiger partial charge in [0.15, 0.2) is 0 Å².